The first-order valence-corrected chi connectivity index (χ1v) is 21.1. The van der Waals surface area contributed by atoms with Gasteiger partial charge in [-0.05, 0) is 64.0 Å². The van der Waals surface area contributed by atoms with E-state index in [-0.39, 0.29) is 0 Å². The van der Waals surface area contributed by atoms with Crippen molar-refractivity contribution in [3.63, 3.8) is 0 Å². The maximum atomic E-state index is 6.38. The molecular weight excluding hydrogens is 753 g/mol. The molecule has 0 radical (unpaired) electrons. The van der Waals surface area contributed by atoms with E-state index in [9.17, 15) is 0 Å². The number of benzene rings is 8. The van der Waals surface area contributed by atoms with Crippen molar-refractivity contribution >= 4 is 98.9 Å². The predicted octanol–water partition coefficient (Wildman–Crippen LogP) is 14.8. The van der Waals surface area contributed by atoms with Crippen molar-refractivity contribution in [2.75, 3.05) is 0 Å². The Bertz CT molecular complexity index is 3810. The molecule has 4 aromatic heterocycles. The van der Waals surface area contributed by atoms with Crippen LogP contribution in [0.25, 0.3) is 127 Å². The summed E-state index contributed by atoms with van der Waals surface area (Å²) in [5, 5.41) is 10.5. The lowest BCUT2D eigenvalue weighted by molar-refractivity contribution is 0.669. The maximum Gasteiger partial charge on any atom is 0.238 e. The number of thiophene rings is 1. The summed E-state index contributed by atoms with van der Waals surface area (Å²) in [5.74, 6) is 1.72. The zero-order chi connectivity index (χ0) is 39.3. The van der Waals surface area contributed by atoms with Gasteiger partial charge in [-0.25, -0.2) is 4.98 Å². The summed E-state index contributed by atoms with van der Waals surface area (Å²) < 4.78 is 9.96. The van der Waals surface area contributed by atoms with Crippen molar-refractivity contribution in [1.29, 1.82) is 0 Å². The molecule has 13 rings (SSSR count). The summed E-state index contributed by atoms with van der Waals surface area (Å²) in [7, 11) is 0. The Morgan fingerprint density at radius 2 is 1.13 bits per heavy atom. The van der Waals surface area contributed by atoms with E-state index >= 15 is 0 Å². The van der Waals surface area contributed by atoms with Crippen LogP contribution >= 0.6 is 11.3 Å². The minimum Gasteiger partial charge on any atom is -0.456 e. The Hall–Kier alpha value is -7.67. The highest BCUT2D eigenvalue weighted by Crippen LogP contribution is 2.46. The zero-order valence-electron chi connectivity index (χ0n) is 32.1. The van der Waals surface area contributed by atoms with Gasteiger partial charge in [-0.3, -0.25) is 4.57 Å². The van der Waals surface area contributed by atoms with Crippen molar-refractivity contribution in [3.05, 3.63) is 180 Å². The van der Waals surface area contributed by atoms with Gasteiger partial charge >= 0.3 is 0 Å². The average Bonchev–Trinajstić information content (AvgIpc) is 3.92. The summed E-state index contributed by atoms with van der Waals surface area (Å²) in [6.07, 6.45) is 9.99. The van der Waals surface area contributed by atoms with Crippen LogP contribution < -0.4 is 0 Å². The Morgan fingerprint density at radius 1 is 0.467 bits per heavy atom. The van der Waals surface area contributed by atoms with Gasteiger partial charge in [-0.1, -0.05) is 152 Å². The highest BCUT2D eigenvalue weighted by atomic mass is 32.1. The van der Waals surface area contributed by atoms with Crippen LogP contribution in [0.4, 0.5) is 0 Å². The first kappa shape index (κ1) is 33.3. The number of nitrogens with zero attached hydrogens (tertiary/aromatic N) is 4. The molecule has 0 atom stereocenters. The van der Waals surface area contributed by atoms with E-state index in [1.807, 2.05) is 47.7 Å². The van der Waals surface area contributed by atoms with Crippen LogP contribution in [-0.4, -0.2) is 19.5 Å². The molecule has 0 saturated heterocycles. The topological polar surface area (TPSA) is 56.7 Å². The molecule has 0 unspecified atom stereocenters. The normalized spacial score (nSPS) is 12.8. The summed E-state index contributed by atoms with van der Waals surface area (Å²) in [5.41, 5.74) is 9.08. The van der Waals surface area contributed by atoms with Gasteiger partial charge in [0, 0.05) is 58.6 Å². The van der Waals surface area contributed by atoms with Crippen LogP contribution in [0.3, 0.4) is 0 Å². The van der Waals surface area contributed by atoms with Gasteiger partial charge in [0.1, 0.15) is 11.2 Å². The molecule has 1 aliphatic rings. The van der Waals surface area contributed by atoms with E-state index in [1.54, 1.807) is 0 Å². The molecule has 1 aliphatic carbocycles. The second kappa shape index (κ2) is 12.9. The van der Waals surface area contributed by atoms with Crippen LogP contribution in [-0.2, 0) is 0 Å². The highest BCUT2D eigenvalue weighted by Gasteiger charge is 2.25. The van der Waals surface area contributed by atoms with Crippen LogP contribution in [0.2, 0.25) is 0 Å². The lowest BCUT2D eigenvalue weighted by Gasteiger charge is -2.14. The molecule has 0 saturated carbocycles. The van der Waals surface area contributed by atoms with Crippen molar-refractivity contribution in [1.82, 2.24) is 19.5 Å². The van der Waals surface area contributed by atoms with E-state index in [2.05, 4.69) is 150 Å². The SMILES string of the molecule is C1=Cc2sc3cc(-c4cccc5c6c7ccccc7c7ccccc7c6n(-c6nc(-c7ccccc7)nc(-c7ccc8c(c7)oc7ccccc78)n6)c45)ccc3c2C=CC1. The monoisotopic (exact) mass is 784 g/mol. The lowest BCUT2D eigenvalue weighted by atomic mass is 9.96. The van der Waals surface area contributed by atoms with Crippen LogP contribution in [0.5, 0.6) is 0 Å². The van der Waals surface area contributed by atoms with Crippen molar-refractivity contribution in [2.24, 2.45) is 0 Å². The van der Waals surface area contributed by atoms with Gasteiger partial charge in [0.15, 0.2) is 11.6 Å². The summed E-state index contributed by atoms with van der Waals surface area (Å²) in [4.78, 5) is 17.3. The standard InChI is InChI=1S/C54H32N4OS/c1-3-14-32(15-4-1)52-55-53(34-27-28-39-38-18-11-12-24-45(38)59-46(39)30-34)57-54(56-52)58-50-35(33-26-29-41-40-19-5-2-6-25-47(40)60-48(41)31-33)22-13-23-44(50)49-42-20-9-7-16-36(42)37-17-8-10-21-43(37)51(49)58/h1,3-31H,2H2. The number of aromatic nitrogens is 4. The molecule has 12 aromatic rings. The molecule has 280 valence electrons. The quantitative estimate of drug-likeness (QED) is 0.167. The fourth-order valence-corrected chi connectivity index (χ4v) is 10.5. The van der Waals surface area contributed by atoms with Crippen LogP contribution in [0.1, 0.15) is 16.9 Å². The van der Waals surface area contributed by atoms with Crippen molar-refractivity contribution in [3.8, 4) is 39.9 Å². The Kier molecular flexibility index (Phi) is 7.17. The Balaban J connectivity index is 1.16. The average molecular weight is 785 g/mol. The number of fused-ring (bicyclic) bond motifs is 14. The molecule has 0 aliphatic heterocycles. The van der Waals surface area contributed by atoms with Crippen LogP contribution in [0.15, 0.2) is 174 Å². The smallest absolute Gasteiger partial charge is 0.238 e. The predicted molar refractivity (Wildman–Crippen MR) is 251 cm³/mol. The van der Waals surface area contributed by atoms with Gasteiger partial charge in [-0.15, -0.1) is 11.3 Å². The van der Waals surface area contributed by atoms with E-state index in [1.165, 1.54) is 42.1 Å². The maximum absolute atomic E-state index is 6.38. The minimum absolute atomic E-state index is 0.552. The third kappa shape index (κ3) is 4.95. The molecule has 0 N–H and O–H groups in total. The van der Waals surface area contributed by atoms with Gasteiger partial charge in [0.25, 0.3) is 0 Å². The molecule has 0 fully saturated rings. The first-order valence-electron chi connectivity index (χ1n) is 20.3. The third-order valence-corrected chi connectivity index (χ3v) is 13.2. The molecular formula is C54H32N4OS. The molecule has 60 heavy (non-hydrogen) atoms. The van der Waals surface area contributed by atoms with Gasteiger partial charge in [0.2, 0.25) is 5.95 Å². The van der Waals surface area contributed by atoms with Gasteiger partial charge in [0.05, 0.1) is 11.0 Å². The summed E-state index contributed by atoms with van der Waals surface area (Å²) >= 11 is 1.85. The van der Waals surface area contributed by atoms with E-state index in [0.717, 1.165) is 72.4 Å². The Morgan fingerprint density at radius 3 is 2.00 bits per heavy atom. The molecule has 5 nitrogen and oxygen atoms in total. The summed E-state index contributed by atoms with van der Waals surface area (Å²) in [6.45, 7) is 0. The lowest BCUT2D eigenvalue weighted by Crippen LogP contribution is -2.07. The largest absolute Gasteiger partial charge is 0.456 e. The van der Waals surface area contributed by atoms with Gasteiger partial charge < -0.3 is 4.42 Å². The highest BCUT2D eigenvalue weighted by molar-refractivity contribution is 7.20. The number of rotatable bonds is 4. The second-order valence-electron chi connectivity index (χ2n) is 15.4. The van der Waals surface area contributed by atoms with Crippen molar-refractivity contribution < 1.29 is 4.42 Å². The fraction of sp³-hybridized carbons (Fsp3) is 0.0185. The molecule has 0 bridgehead atoms. The van der Waals surface area contributed by atoms with Crippen molar-refractivity contribution in [2.45, 2.75) is 6.42 Å². The van der Waals surface area contributed by atoms with Gasteiger partial charge in [-0.2, -0.15) is 9.97 Å². The fourth-order valence-electron chi connectivity index (χ4n) is 9.37. The van der Waals surface area contributed by atoms with E-state index < -0.39 is 0 Å². The molecule has 0 spiro atoms. The molecule has 4 heterocycles. The first-order chi connectivity index (χ1) is 29.7. The number of hydrogen-bond donors (Lipinski definition) is 0. The number of hydrogen-bond acceptors (Lipinski definition) is 5. The minimum atomic E-state index is 0.552. The number of para-hydroxylation sites is 2. The molecule has 6 heteroatoms. The Labute approximate surface area is 347 Å². The number of allylic oxidation sites excluding steroid dienone is 2. The van der Waals surface area contributed by atoms with E-state index in [0.29, 0.717) is 17.6 Å². The molecule has 0 amide bonds. The zero-order valence-corrected chi connectivity index (χ0v) is 32.9. The second-order valence-corrected chi connectivity index (χ2v) is 16.5. The number of furan rings is 1. The van der Waals surface area contributed by atoms with E-state index in [4.69, 9.17) is 19.4 Å². The van der Waals surface area contributed by atoms with Crippen LogP contribution in [0, 0.1) is 0 Å². The third-order valence-electron chi connectivity index (χ3n) is 12.0. The molecule has 8 aromatic carbocycles. The summed E-state index contributed by atoms with van der Waals surface area (Å²) in [6, 6.07) is 55.8.